The van der Waals surface area contributed by atoms with E-state index in [4.69, 9.17) is 11.6 Å². The number of benzene rings is 1. The van der Waals surface area contributed by atoms with E-state index in [0.717, 1.165) is 6.42 Å². The Hall–Kier alpha value is -0.140. The number of aryl methyl sites for hydroxylation is 1. The Morgan fingerprint density at radius 2 is 2.09 bits per heavy atom. The molecule has 1 aromatic rings. The van der Waals surface area contributed by atoms with Crippen LogP contribution in [0.15, 0.2) is 29.2 Å². The summed E-state index contributed by atoms with van der Waals surface area (Å²) < 4.78 is 0. The Morgan fingerprint density at radius 1 is 1.36 bits per heavy atom. The first-order valence-corrected chi connectivity index (χ1v) is 5.32. The first kappa shape index (κ1) is 8.95. The molecule has 0 aromatic heterocycles. The second kappa shape index (κ2) is 4.68. The Bertz CT molecular complexity index is 223. The van der Waals surface area contributed by atoms with Crippen LogP contribution in [0.5, 0.6) is 0 Å². The largest absolute Gasteiger partial charge is 0.129 e. The normalized spacial score (nSPS) is 10.0. The third-order valence-electron chi connectivity index (χ3n) is 1.56. The van der Waals surface area contributed by atoms with Crippen molar-refractivity contribution in [3.05, 3.63) is 29.8 Å². The van der Waals surface area contributed by atoms with E-state index in [1.807, 2.05) is 0 Å². The van der Waals surface area contributed by atoms with Gasteiger partial charge in [-0.15, -0.1) is 23.4 Å². The lowest BCUT2D eigenvalue weighted by Gasteiger charge is -2.03. The van der Waals surface area contributed by atoms with Crippen LogP contribution >= 0.6 is 23.4 Å². The molecule has 0 saturated carbocycles. The zero-order valence-corrected chi connectivity index (χ0v) is 8.08. The van der Waals surface area contributed by atoms with Gasteiger partial charge in [0.1, 0.15) is 0 Å². The van der Waals surface area contributed by atoms with Crippen LogP contribution in [0.25, 0.3) is 0 Å². The number of halogens is 1. The lowest BCUT2D eigenvalue weighted by Crippen LogP contribution is -1.87. The molecule has 60 valence electrons. The second-order valence-electron chi connectivity index (χ2n) is 2.25. The van der Waals surface area contributed by atoms with Gasteiger partial charge in [0.15, 0.2) is 0 Å². The average Bonchev–Trinajstić information content (AvgIpc) is 2.06. The van der Waals surface area contributed by atoms with Crippen LogP contribution in [0.1, 0.15) is 5.56 Å². The number of hydrogen-bond donors (Lipinski definition) is 0. The summed E-state index contributed by atoms with van der Waals surface area (Å²) in [7, 11) is 0. The number of thioether (sulfide) groups is 1. The Balaban J connectivity index is 2.83. The molecule has 0 bridgehead atoms. The van der Waals surface area contributed by atoms with Crippen molar-refractivity contribution in [2.75, 3.05) is 12.1 Å². The van der Waals surface area contributed by atoms with E-state index in [2.05, 4.69) is 30.5 Å². The van der Waals surface area contributed by atoms with Crippen LogP contribution in [-0.2, 0) is 6.42 Å². The van der Waals surface area contributed by atoms with E-state index >= 15 is 0 Å². The van der Waals surface area contributed by atoms with Gasteiger partial charge in [-0.1, -0.05) is 18.2 Å². The molecular formula is C9H11ClS. The highest BCUT2D eigenvalue weighted by Gasteiger charge is 1.97. The third-order valence-corrected chi connectivity index (χ3v) is 2.58. The molecule has 0 fully saturated rings. The Labute approximate surface area is 77.0 Å². The molecule has 0 aliphatic rings. The predicted molar refractivity (Wildman–Crippen MR) is 52.6 cm³/mol. The smallest absolute Gasteiger partial charge is 0.0264 e. The molecule has 2 heteroatoms. The summed E-state index contributed by atoms with van der Waals surface area (Å²) in [6.45, 7) is 0. The summed E-state index contributed by atoms with van der Waals surface area (Å²) >= 11 is 7.43. The van der Waals surface area contributed by atoms with Gasteiger partial charge in [-0.2, -0.15) is 0 Å². The van der Waals surface area contributed by atoms with Crippen molar-refractivity contribution in [1.29, 1.82) is 0 Å². The second-order valence-corrected chi connectivity index (χ2v) is 3.48. The van der Waals surface area contributed by atoms with Gasteiger partial charge in [-0.25, -0.2) is 0 Å². The van der Waals surface area contributed by atoms with Crippen molar-refractivity contribution < 1.29 is 0 Å². The van der Waals surface area contributed by atoms with Crippen LogP contribution in [0.3, 0.4) is 0 Å². The summed E-state index contributed by atoms with van der Waals surface area (Å²) in [6, 6.07) is 8.38. The number of hydrogen-bond acceptors (Lipinski definition) is 1. The van der Waals surface area contributed by atoms with Crippen LogP contribution in [0.2, 0.25) is 0 Å². The SMILES string of the molecule is CSc1ccccc1CCCl. The van der Waals surface area contributed by atoms with Gasteiger partial charge in [0.25, 0.3) is 0 Å². The van der Waals surface area contributed by atoms with Crippen molar-refractivity contribution >= 4 is 23.4 Å². The maximum atomic E-state index is 5.66. The Kier molecular flexibility index (Phi) is 3.81. The summed E-state index contributed by atoms with van der Waals surface area (Å²) in [5.41, 5.74) is 1.36. The van der Waals surface area contributed by atoms with Gasteiger partial charge in [-0.05, 0) is 24.3 Å². The lowest BCUT2D eigenvalue weighted by molar-refractivity contribution is 1.09. The quantitative estimate of drug-likeness (QED) is 0.516. The molecule has 0 aliphatic heterocycles. The highest BCUT2D eigenvalue weighted by molar-refractivity contribution is 7.98. The minimum atomic E-state index is 0.706. The maximum Gasteiger partial charge on any atom is 0.0264 e. The lowest BCUT2D eigenvalue weighted by atomic mass is 10.2. The molecule has 0 radical (unpaired) electrons. The van der Waals surface area contributed by atoms with Crippen molar-refractivity contribution in [2.24, 2.45) is 0 Å². The fourth-order valence-corrected chi connectivity index (χ4v) is 1.86. The van der Waals surface area contributed by atoms with Crippen LogP contribution in [0.4, 0.5) is 0 Å². The predicted octanol–water partition coefficient (Wildman–Crippen LogP) is 3.19. The van der Waals surface area contributed by atoms with Gasteiger partial charge in [-0.3, -0.25) is 0 Å². The molecule has 0 nitrogen and oxygen atoms in total. The molecule has 0 aliphatic carbocycles. The molecular weight excluding hydrogens is 176 g/mol. The molecule has 0 unspecified atom stereocenters. The van der Waals surface area contributed by atoms with Gasteiger partial charge >= 0.3 is 0 Å². The van der Waals surface area contributed by atoms with Crippen molar-refractivity contribution in [3.8, 4) is 0 Å². The molecule has 1 aromatic carbocycles. The van der Waals surface area contributed by atoms with Crippen LogP contribution in [0, 0.1) is 0 Å². The number of rotatable bonds is 3. The Morgan fingerprint density at radius 3 is 2.73 bits per heavy atom. The van der Waals surface area contributed by atoms with Gasteiger partial charge in [0, 0.05) is 10.8 Å². The first-order chi connectivity index (χ1) is 5.38. The molecule has 1 rings (SSSR count). The first-order valence-electron chi connectivity index (χ1n) is 3.56. The molecule has 0 saturated heterocycles. The van der Waals surface area contributed by atoms with E-state index in [-0.39, 0.29) is 0 Å². The molecule has 0 amide bonds. The minimum Gasteiger partial charge on any atom is -0.129 e. The summed E-state index contributed by atoms with van der Waals surface area (Å²) in [6.07, 6.45) is 3.06. The molecule has 11 heavy (non-hydrogen) atoms. The van der Waals surface area contributed by atoms with Crippen molar-refractivity contribution in [1.82, 2.24) is 0 Å². The highest BCUT2D eigenvalue weighted by atomic mass is 35.5. The van der Waals surface area contributed by atoms with E-state index < -0.39 is 0 Å². The monoisotopic (exact) mass is 186 g/mol. The zero-order valence-electron chi connectivity index (χ0n) is 6.51. The number of alkyl halides is 1. The fourth-order valence-electron chi connectivity index (χ4n) is 1.01. The zero-order chi connectivity index (χ0) is 8.10. The standard InChI is InChI=1S/C9H11ClS/c1-11-9-5-3-2-4-8(9)6-7-10/h2-5H,6-7H2,1H3. The minimum absolute atomic E-state index is 0.706. The van der Waals surface area contributed by atoms with E-state index in [1.54, 1.807) is 11.8 Å². The van der Waals surface area contributed by atoms with Crippen molar-refractivity contribution in [2.45, 2.75) is 11.3 Å². The van der Waals surface area contributed by atoms with Crippen LogP contribution < -0.4 is 0 Å². The fraction of sp³-hybridized carbons (Fsp3) is 0.333. The summed E-state index contributed by atoms with van der Waals surface area (Å²) in [5, 5.41) is 0. The topological polar surface area (TPSA) is 0 Å². The molecule has 0 heterocycles. The van der Waals surface area contributed by atoms with E-state index in [1.165, 1.54) is 10.5 Å². The maximum absolute atomic E-state index is 5.66. The third kappa shape index (κ3) is 2.42. The molecule has 0 spiro atoms. The average molecular weight is 187 g/mol. The highest BCUT2D eigenvalue weighted by Crippen LogP contribution is 2.20. The van der Waals surface area contributed by atoms with Gasteiger partial charge in [0.2, 0.25) is 0 Å². The van der Waals surface area contributed by atoms with Crippen LogP contribution in [-0.4, -0.2) is 12.1 Å². The molecule has 0 atom stereocenters. The van der Waals surface area contributed by atoms with E-state index in [0.29, 0.717) is 5.88 Å². The van der Waals surface area contributed by atoms with E-state index in [9.17, 15) is 0 Å². The van der Waals surface area contributed by atoms with Crippen molar-refractivity contribution in [3.63, 3.8) is 0 Å². The van der Waals surface area contributed by atoms with Gasteiger partial charge < -0.3 is 0 Å². The summed E-state index contributed by atoms with van der Waals surface area (Å²) in [4.78, 5) is 1.34. The van der Waals surface area contributed by atoms with Gasteiger partial charge in [0.05, 0.1) is 0 Å². The molecule has 0 N–H and O–H groups in total. The summed E-state index contributed by atoms with van der Waals surface area (Å²) in [5.74, 6) is 0.706.